The Labute approximate surface area is 83.9 Å². The Kier molecular flexibility index (Phi) is 6.74. The standard InChI is InChI=1S/C9H18N2O3/c1-3-10-7(9(13)14)5-6-8(12)11-4-2/h7,10H,3-6H2,1-2H3,(H,11,12)(H,13,14)/t7-/m1/s1. The zero-order valence-corrected chi connectivity index (χ0v) is 8.67. The van der Waals surface area contributed by atoms with Gasteiger partial charge in [-0.3, -0.25) is 9.59 Å². The fraction of sp³-hybridized carbons (Fsp3) is 0.778. The van der Waals surface area contributed by atoms with Crippen LogP contribution in [0.4, 0.5) is 0 Å². The van der Waals surface area contributed by atoms with Crippen molar-refractivity contribution < 1.29 is 14.7 Å². The molecule has 5 heteroatoms. The second kappa shape index (κ2) is 7.32. The lowest BCUT2D eigenvalue weighted by Crippen LogP contribution is -2.37. The van der Waals surface area contributed by atoms with Crippen LogP contribution in [0, 0.1) is 0 Å². The summed E-state index contributed by atoms with van der Waals surface area (Å²) >= 11 is 0. The molecule has 0 aliphatic carbocycles. The van der Waals surface area contributed by atoms with Gasteiger partial charge in [0.1, 0.15) is 6.04 Å². The molecule has 5 nitrogen and oxygen atoms in total. The van der Waals surface area contributed by atoms with Crippen LogP contribution in [0.25, 0.3) is 0 Å². The SMILES string of the molecule is CCNC(=O)CC[C@@H](NCC)C(=O)O. The van der Waals surface area contributed by atoms with Gasteiger partial charge in [0.05, 0.1) is 0 Å². The molecule has 0 saturated carbocycles. The van der Waals surface area contributed by atoms with Crippen LogP contribution < -0.4 is 10.6 Å². The number of hydrogen-bond acceptors (Lipinski definition) is 3. The van der Waals surface area contributed by atoms with E-state index in [-0.39, 0.29) is 12.3 Å². The van der Waals surface area contributed by atoms with Crippen molar-refractivity contribution >= 4 is 11.9 Å². The van der Waals surface area contributed by atoms with E-state index in [1.54, 1.807) is 0 Å². The second-order valence-electron chi connectivity index (χ2n) is 2.94. The van der Waals surface area contributed by atoms with Gasteiger partial charge in [-0.25, -0.2) is 0 Å². The summed E-state index contributed by atoms with van der Waals surface area (Å²) in [7, 11) is 0. The maximum absolute atomic E-state index is 11.0. The Bertz CT molecular complexity index is 194. The highest BCUT2D eigenvalue weighted by Crippen LogP contribution is 1.97. The van der Waals surface area contributed by atoms with Gasteiger partial charge in [0.25, 0.3) is 0 Å². The van der Waals surface area contributed by atoms with Crippen LogP contribution >= 0.6 is 0 Å². The Morgan fingerprint density at radius 2 is 1.93 bits per heavy atom. The summed E-state index contributed by atoms with van der Waals surface area (Å²) in [6.07, 6.45) is 0.576. The third-order valence-corrected chi connectivity index (χ3v) is 1.78. The Hall–Kier alpha value is -1.10. The fourth-order valence-corrected chi connectivity index (χ4v) is 1.12. The zero-order valence-electron chi connectivity index (χ0n) is 8.67. The molecule has 0 aliphatic rings. The summed E-state index contributed by atoms with van der Waals surface area (Å²) in [5.74, 6) is -1.01. The first-order valence-electron chi connectivity index (χ1n) is 4.84. The minimum absolute atomic E-state index is 0.100. The monoisotopic (exact) mass is 202 g/mol. The molecule has 1 amide bonds. The molecule has 0 aliphatic heterocycles. The van der Waals surface area contributed by atoms with E-state index in [1.165, 1.54) is 0 Å². The number of aliphatic carboxylic acids is 1. The smallest absolute Gasteiger partial charge is 0.320 e. The van der Waals surface area contributed by atoms with Crippen molar-refractivity contribution in [1.82, 2.24) is 10.6 Å². The molecule has 14 heavy (non-hydrogen) atoms. The van der Waals surface area contributed by atoms with Crippen LogP contribution in [-0.2, 0) is 9.59 Å². The fourth-order valence-electron chi connectivity index (χ4n) is 1.12. The van der Waals surface area contributed by atoms with E-state index in [4.69, 9.17) is 5.11 Å². The number of carbonyl (C=O) groups is 2. The molecule has 0 heterocycles. The summed E-state index contributed by atoms with van der Waals surface area (Å²) in [6, 6.07) is -0.623. The van der Waals surface area contributed by atoms with Crippen LogP contribution in [0.15, 0.2) is 0 Å². The molecule has 0 rings (SSSR count). The van der Waals surface area contributed by atoms with Gasteiger partial charge in [-0.2, -0.15) is 0 Å². The predicted octanol–water partition coefficient (Wildman–Crippen LogP) is -0.0346. The largest absolute Gasteiger partial charge is 0.480 e. The third-order valence-electron chi connectivity index (χ3n) is 1.78. The van der Waals surface area contributed by atoms with Crippen molar-refractivity contribution in [3.8, 4) is 0 Å². The molecule has 0 spiro atoms. The average molecular weight is 202 g/mol. The van der Waals surface area contributed by atoms with Crippen molar-refractivity contribution in [2.24, 2.45) is 0 Å². The molecule has 0 aromatic rings. The molecule has 0 bridgehead atoms. The maximum atomic E-state index is 11.0. The van der Waals surface area contributed by atoms with Gasteiger partial charge >= 0.3 is 5.97 Å². The van der Waals surface area contributed by atoms with Crippen LogP contribution in [0.1, 0.15) is 26.7 Å². The van der Waals surface area contributed by atoms with E-state index in [0.29, 0.717) is 19.5 Å². The number of carbonyl (C=O) groups excluding carboxylic acids is 1. The molecular weight excluding hydrogens is 184 g/mol. The van der Waals surface area contributed by atoms with E-state index in [0.717, 1.165) is 0 Å². The average Bonchev–Trinajstić information content (AvgIpc) is 2.12. The number of amides is 1. The van der Waals surface area contributed by atoms with Gasteiger partial charge in [0.2, 0.25) is 5.91 Å². The van der Waals surface area contributed by atoms with Gasteiger partial charge in [-0.15, -0.1) is 0 Å². The van der Waals surface area contributed by atoms with Crippen molar-refractivity contribution in [3.05, 3.63) is 0 Å². The maximum Gasteiger partial charge on any atom is 0.320 e. The van der Waals surface area contributed by atoms with Gasteiger partial charge in [-0.1, -0.05) is 6.92 Å². The normalized spacial score (nSPS) is 12.1. The second-order valence-corrected chi connectivity index (χ2v) is 2.94. The minimum Gasteiger partial charge on any atom is -0.480 e. The third kappa shape index (κ3) is 5.53. The van der Waals surface area contributed by atoms with Gasteiger partial charge in [0, 0.05) is 13.0 Å². The van der Waals surface area contributed by atoms with Crippen molar-refractivity contribution in [2.75, 3.05) is 13.1 Å². The molecule has 0 saturated heterocycles. The number of nitrogens with one attached hydrogen (secondary N) is 2. The van der Waals surface area contributed by atoms with E-state index in [9.17, 15) is 9.59 Å². The molecular formula is C9H18N2O3. The van der Waals surface area contributed by atoms with Crippen molar-refractivity contribution in [1.29, 1.82) is 0 Å². The minimum atomic E-state index is -0.906. The highest BCUT2D eigenvalue weighted by Gasteiger charge is 2.16. The Morgan fingerprint density at radius 1 is 1.29 bits per heavy atom. The molecule has 0 radical (unpaired) electrons. The molecule has 0 fully saturated rings. The lowest BCUT2D eigenvalue weighted by molar-refractivity contribution is -0.139. The van der Waals surface area contributed by atoms with Crippen LogP contribution in [0.5, 0.6) is 0 Å². The quantitative estimate of drug-likeness (QED) is 0.541. The molecule has 0 aromatic heterocycles. The Morgan fingerprint density at radius 3 is 2.36 bits per heavy atom. The molecule has 0 aromatic carbocycles. The van der Waals surface area contributed by atoms with Crippen LogP contribution in [0.2, 0.25) is 0 Å². The van der Waals surface area contributed by atoms with Crippen LogP contribution in [0.3, 0.4) is 0 Å². The number of hydrogen-bond donors (Lipinski definition) is 3. The Balaban J connectivity index is 3.81. The molecule has 3 N–H and O–H groups in total. The van der Waals surface area contributed by atoms with E-state index in [1.807, 2.05) is 13.8 Å². The number of likely N-dealkylation sites (N-methyl/N-ethyl adjacent to an activating group) is 1. The van der Waals surface area contributed by atoms with Gasteiger partial charge < -0.3 is 15.7 Å². The highest BCUT2D eigenvalue weighted by molar-refractivity contribution is 5.78. The summed E-state index contributed by atoms with van der Waals surface area (Å²) in [6.45, 7) is 4.84. The van der Waals surface area contributed by atoms with E-state index in [2.05, 4.69) is 10.6 Å². The molecule has 82 valence electrons. The van der Waals surface area contributed by atoms with Gasteiger partial charge in [-0.05, 0) is 19.9 Å². The van der Waals surface area contributed by atoms with Crippen molar-refractivity contribution in [3.63, 3.8) is 0 Å². The first kappa shape index (κ1) is 12.9. The van der Waals surface area contributed by atoms with Gasteiger partial charge in [0.15, 0.2) is 0 Å². The molecule has 0 unspecified atom stereocenters. The summed E-state index contributed by atoms with van der Waals surface area (Å²) in [5, 5.41) is 14.2. The van der Waals surface area contributed by atoms with E-state index < -0.39 is 12.0 Å². The summed E-state index contributed by atoms with van der Waals surface area (Å²) < 4.78 is 0. The number of rotatable bonds is 7. The summed E-state index contributed by atoms with van der Waals surface area (Å²) in [4.78, 5) is 21.7. The summed E-state index contributed by atoms with van der Waals surface area (Å²) in [5.41, 5.74) is 0. The lowest BCUT2D eigenvalue weighted by Gasteiger charge is -2.12. The number of carboxylic acids is 1. The predicted molar refractivity (Wildman–Crippen MR) is 53.0 cm³/mol. The van der Waals surface area contributed by atoms with E-state index >= 15 is 0 Å². The number of carboxylic acid groups (broad SMARTS) is 1. The first-order chi connectivity index (χ1) is 6.61. The van der Waals surface area contributed by atoms with Crippen molar-refractivity contribution in [2.45, 2.75) is 32.7 Å². The topological polar surface area (TPSA) is 78.4 Å². The van der Waals surface area contributed by atoms with Crippen LogP contribution in [-0.4, -0.2) is 36.1 Å². The first-order valence-corrected chi connectivity index (χ1v) is 4.84. The zero-order chi connectivity index (χ0) is 11.0. The molecule has 1 atom stereocenters. The highest BCUT2D eigenvalue weighted by atomic mass is 16.4. The lowest BCUT2D eigenvalue weighted by atomic mass is 10.1.